The molecular weight excluding hydrogens is 264 g/mol. The first-order valence-corrected chi connectivity index (χ1v) is 7.45. The predicted octanol–water partition coefficient (Wildman–Crippen LogP) is 2.35. The van der Waals surface area contributed by atoms with Gasteiger partial charge in [-0.25, -0.2) is 13.2 Å². The minimum absolute atomic E-state index is 0.0350. The van der Waals surface area contributed by atoms with E-state index in [2.05, 4.69) is 0 Å². The standard InChI is InChI=1S/C11H13ClO4S/c1-3-8-5-6-9(11(13)16-4-2)7-10(8)17(12,14)15/h5-7H,3-4H2,1-2H3. The molecule has 0 aliphatic rings. The summed E-state index contributed by atoms with van der Waals surface area (Å²) in [5.41, 5.74) is 0.760. The van der Waals surface area contributed by atoms with Crippen molar-refractivity contribution in [3.05, 3.63) is 29.3 Å². The Hall–Kier alpha value is -1.07. The number of ether oxygens (including phenoxy) is 1. The monoisotopic (exact) mass is 276 g/mol. The maximum Gasteiger partial charge on any atom is 0.338 e. The number of carbonyl (C=O) groups is 1. The van der Waals surface area contributed by atoms with Gasteiger partial charge in [-0.15, -0.1) is 0 Å². The smallest absolute Gasteiger partial charge is 0.338 e. The van der Waals surface area contributed by atoms with Crippen LogP contribution in [0.25, 0.3) is 0 Å². The molecule has 0 heterocycles. The van der Waals surface area contributed by atoms with E-state index in [1.807, 2.05) is 6.92 Å². The van der Waals surface area contributed by atoms with Crippen LogP contribution in [-0.2, 0) is 20.2 Å². The van der Waals surface area contributed by atoms with E-state index in [0.29, 0.717) is 12.0 Å². The lowest BCUT2D eigenvalue weighted by Gasteiger charge is -2.07. The number of esters is 1. The molecule has 17 heavy (non-hydrogen) atoms. The Bertz CT molecular complexity index is 522. The van der Waals surface area contributed by atoms with Crippen LogP contribution in [0.5, 0.6) is 0 Å². The number of halogens is 1. The summed E-state index contributed by atoms with van der Waals surface area (Å²) < 4.78 is 27.5. The van der Waals surface area contributed by atoms with Crippen molar-refractivity contribution in [2.75, 3.05) is 6.61 Å². The molecule has 0 saturated heterocycles. The number of hydrogen-bond donors (Lipinski definition) is 0. The van der Waals surface area contributed by atoms with Gasteiger partial charge in [0, 0.05) is 10.7 Å². The van der Waals surface area contributed by atoms with Crippen molar-refractivity contribution in [2.24, 2.45) is 0 Å². The van der Waals surface area contributed by atoms with E-state index in [-0.39, 0.29) is 17.1 Å². The fraction of sp³-hybridized carbons (Fsp3) is 0.364. The third-order valence-corrected chi connectivity index (χ3v) is 3.63. The minimum atomic E-state index is -3.85. The van der Waals surface area contributed by atoms with Crippen LogP contribution in [0.15, 0.2) is 23.1 Å². The van der Waals surface area contributed by atoms with Gasteiger partial charge in [-0.1, -0.05) is 13.0 Å². The summed E-state index contributed by atoms with van der Waals surface area (Å²) in [7, 11) is 1.46. The van der Waals surface area contributed by atoms with Crippen molar-refractivity contribution in [1.29, 1.82) is 0 Å². The van der Waals surface area contributed by atoms with Gasteiger partial charge in [-0.05, 0) is 31.0 Å². The van der Waals surface area contributed by atoms with Crippen LogP contribution in [0.1, 0.15) is 29.8 Å². The molecule has 1 aromatic carbocycles. The van der Waals surface area contributed by atoms with Gasteiger partial charge in [0.15, 0.2) is 0 Å². The number of benzene rings is 1. The molecule has 1 aromatic rings. The molecule has 1 rings (SSSR count). The molecule has 0 fully saturated rings. The number of hydrogen-bond acceptors (Lipinski definition) is 4. The lowest BCUT2D eigenvalue weighted by Crippen LogP contribution is -2.07. The molecule has 6 heteroatoms. The van der Waals surface area contributed by atoms with Crippen LogP contribution >= 0.6 is 10.7 Å². The molecule has 0 N–H and O–H groups in total. The molecule has 0 aliphatic carbocycles. The number of rotatable bonds is 4. The topological polar surface area (TPSA) is 60.4 Å². The molecule has 0 spiro atoms. The lowest BCUT2D eigenvalue weighted by atomic mass is 10.1. The van der Waals surface area contributed by atoms with E-state index < -0.39 is 15.0 Å². The van der Waals surface area contributed by atoms with Gasteiger partial charge < -0.3 is 4.74 Å². The molecule has 0 aromatic heterocycles. The van der Waals surface area contributed by atoms with Crippen molar-refractivity contribution in [3.63, 3.8) is 0 Å². The van der Waals surface area contributed by atoms with Gasteiger partial charge in [0.25, 0.3) is 9.05 Å². The Kier molecular flexibility index (Phi) is 4.54. The fourth-order valence-corrected chi connectivity index (χ4v) is 2.64. The summed E-state index contributed by atoms with van der Waals surface area (Å²) in [4.78, 5) is 11.4. The van der Waals surface area contributed by atoms with Gasteiger partial charge in [-0.2, -0.15) is 0 Å². The van der Waals surface area contributed by atoms with Gasteiger partial charge in [0.2, 0.25) is 0 Å². The SMILES string of the molecule is CCOC(=O)c1ccc(CC)c(S(=O)(=O)Cl)c1. The second-order valence-electron chi connectivity index (χ2n) is 3.33. The molecule has 4 nitrogen and oxygen atoms in total. The Morgan fingerprint density at radius 2 is 2.00 bits per heavy atom. The minimum Gasteiger partial charge on any atom is -0.462 e. The summed E-state index contributed by atoms with van der Waals surface area (Å²) in [5.74, 6) is -0.559. The zero-order valence-electron chi connectivity index (χ0n) is 9.57. The Morgan fingerprint density at radius 3 is 2.47 bits per heavy atom. The fourth-order valence-electron chi connectivity index (χ4n) is 1.41. The van der Waals surface area contributed by atoms with Crippen molar-refractivity contribution in [1.82, 2.24) is 0 Å². The van der Waals surface area contributed by atoms with Crippen LogP contribution in [0, 0.1) is 0 Å². The quantitative estimate of drug-likeness (QED) is 0.626. The highest BCUT2D eigenvalue weighted by Crippen LogP contribution is 2.22. The molecule has 94 valence electrons. The molecule has 0 atom stereocenters. The van der Waals surface area contributed by atoms with E-state index in [1.165, 1.54) is 12.1 Å². The summed E-state index contributed by atoms with van der Waals surface area (Å²) in [5, 5.41) is 0. The first kappa shape index (κ1) is 14.0. The van der Waals surface area contributed by atoms with E-state index in [0.717, 1.165) is 0 Å². The largest absolute Gasteiger partial charge is 0.462 e. The summed E-state index contributed by atoms with van der Waals surface area (Å²) >= 11 is 0. The first-order valence-electron chi connectivity index (χ1n) is 5.14. The second kappa shape index (κ2) is 5.51. The van der Waals surface area contributed by atoms with Gasteiger partial charge in [0.05, 0.1) is 17.1 Å². The predicted molar refractivity (Wildman–Crippen MR) is 64.8 cm³/mol. The van der Waals surface area contributed by atoms with Crippen LogP contribution in [0.4, 0.5) is 0 Å². The maximum absolute atomic E-state index is 11.5. The van der Waals surface area contributed by atoms with Crippen LogP contribution in [0.2, 0.25) is 0 Å². The average molecular weight is 277 g/mol. The van der Waals surface area contributed by atoms with E-state index >= 15 is 0 Å². The van der Waals surface area contributed by atoms with Gasteiger partial charge in [0.1, 0.15) is 0 Å². The van der Waals surface area contributed by atoms with Gasteiger partial charge in [-0.3, -0.25) is 0 Å². The Morgan fingerprint density at radius 1 is 1.35 bits per heavy atom. The molecule has 0 unspecified atom stereocenters. The van der Waals surface area contributed by atoms with Crippen LogP contribution in [-0.4, -0.2) is 21.0 Å². The molecule has 0 saturated carbocycles. The van der Waals surface area contributed by atoms with Crippen molar-refractivity contribution in [2.45, 2.75) is 25.2 Å². The molecular formula is C11H13ClO4S. The molecule has 0 radical (unpaired) electrons. The molecule has 0 bridgehead atoms. The highest BCUT2D eigenvalue weighted by Gasteiger charge is 2.18. The first-order chi connectivity index (χ1) is 7.90. The molecule has 0 aliphatic heterocycles. The maximum atomic E-state index is 11.5. The van der Waals surface area contributed by atoms with Crippen LogP contribution < -0.4 is 0 Å². The highest BCUT2D eigenvalue weighted by atomic mass is 35.7. The zero-order chi connectivity index (χ0) is 13.1. The average Bonchev–Trinajstić information content (AvgIpc) is 2.27. The van der Waals surface area contributed by atoms with Crippen molar-refractivity contribution >= 4 is 25.7 Å². The van der Waals surface area contributed by atoms with Crippen molar-refractivity contribution < 1.29 is 17.9 Å². The zero-order valence-corrected chi connectivity index (χ0v) is 11.1. The highest BCUT2D eigenvalue weighted by molar-refractivity contribution is 8.13. The van der Waals surface area contributed by atoms with Crippen molar-refractivity contribution in [3.8, 4) is 0 Å². The number of aryl methyl sites for hydroxylation is 1. The second-order valence-corrected chi connectivity index (χ2v) is 5.87. The summed E-state index contributed by atoms with van der Waals surface area (Å²) in [6.07, 6.45) is 0.518. The Balaban J connectivity index is 3.28. The third kappa shape index (κ3) is 3.44. The lowest BCUT2D eigenvalue weighted by molar-refractivity contribution is 0.0526. The number of carbonyl (C=O) groups excluding carboxylic acids is 1. The molecule has 0 amide bonds. The van der Waals surface area contributed by atoms with Crippen LogP contribution in [0.3, 0.4) is 0 Å². The van der Waals surface area contributed by atoms with E-state index in [9.17, 15) is 13.2 Å². The van der Waals surface area contributed by atoms with Gasteiger partial charge >= 0.3 is 5.97 Å². The summed E-state index contributed by atoms with van der Waals surface area (Å²) in [6.45, 7) is 3.72. The third-order valence-electron chi connectivity index (χ3n) is 2.22. The normalized spacial score (nSPS) is 11.2. The van der Waals surface area contributed by atoms with E-state index in [4.69, 9.17) is 15.4 Å². The van der Waals surface area contributed by atoms with E-state index in [1.54, 1.807) is 13.0 Å². The summed E-state index contributed by atoms with van der Waals surface area (Å²) in [6, 6.07) is 4.35. The Labute approximate surface area is 105 Å².